The topological polar surface area (TPSA) is 78.0 Å². The molecule has 1 amide bonds. The van der Waals surface area contributed by atoms with Crippen molar-refractivity contribution in [2.75, 3.05) is 31.1 Å². The van der Waals surface area contributed by atoms with Gasteiger partial charge in [-0.2, -0.15) is 0 Å². The molecule has 21 heavy (non-hydrogen) atoms. The fourth-order valence-electron chi connectivity index (χ4n) is 2.43. The van der Waals surface area contributed by atoms with E-state index in [0.717, 1.165) is 37.8 Å². The van der Waals surface area contributed by atoms with E-state index in [2.05, 4.69) is 24.8 Å². The van der Waals surface area contributed by atoms with Gasteiger partial charge >= 0.3 is 0 Å². The molecule has 0 atom stereocenters. The Morgan fingerprint density at radius 1 is 1.19 bits per heavy atom. The molecule has 0 saturated carbocycles. The zero-order valence-electron chi connectivity index (χ0n) is 11.8. The van der Waals surface area contributed by atoms with Crippen LogP contribution in [0.2, 0.25) is 0 Å². The number of hydrogen-bond acceptors (Lipinski definition) is 5. The summed E-state index contributed by atoms with van der Waals surface area (Å²) in [6.07, 6.45) is 8.11. The van der Waals surface area contributed by atoms with Crippen LogP contribution in [-0.4, -0.2) is 56.9 Å². The first-order valence-electron chi connectivity index (χ1n) is 7.10. The zero-order chi connectivity index (χ0) is 14.5. The molecular formula is C14H18N6O. The molecule has 2 aromatic rings. The van der Waals surface area contributed by atoms with Crippen LogP contribution < -0.4 is 4.90 Å². The van der Waals surface area contributed by atoms with Crippen LogP contribution in [0.25, 0.3) is 0 Å². The summed E-state index contributed by atoms with van der Waals surface area (Å²) >= 11 is 0. The van der Waals surface area contributed by atoms with E-state index < -0.39 is 0 Å². The normalized spacial score (nSPS) is 15.2. The molecule has 7 nitrogen and oxygen atoms in total. The number of rotatable bonds is 4. The van der Waals surface area contributed by atoms with Gasteiger partial charge in [-0.3, -0.25) is 4.79 Å². The van der Waals surface area contributed by atoms with Gasteiger partial charge in [0.15, 0.2) is 0 Å². The van der Waals surface area contributed by atoms with Gasteiger partial charge in [-0.15, -0.1) is 0 Å². The number of nitrogens with zero attached hydrogens (tertiary/aromatic N) is 5. The molecule has 1 N–H and O–H groups in total. The van der Waals surface area contributed by atoms with Gasteiger partial charge in [-0.25, -0.2) is 15.0 Å². The average Bonchev–Trinajstić information content (AvgIpc) is 3.07. The van der Waals surface area contributed by atoms with E-state index in [1.165, 1.54) is 0 Å². The Morgan fingerprint density at radius 2 is 1.95 bits per heavy atom. The third kappa shape index (κ3) is 3.36. The number of H-pyrrole nitrogens is 1. The highest BCUT2D eigenvalue weighted by molar-refractivity contribution is 5.76. The number of imidazole rings is 1. The summed E-state index contributed by atoms with van der Waals surface area (Å²) in [6, 6.07) is 1.80. The summed E-state index contributed by atoms with van der Waals surface area (Å²) in [4.78, 5) is 31.7. The van der Waals surface area contributed by atoms with Crippen LogP contribution in [0.1, 0.15) is 12.1 Å². The van der Waals surface area contributed by atoms with Crippen molar-refractivity contribution in [3.8, 4) is 0 Å². The van der Waals surface area contributed by atoms with Gasteiger partial charge in [0.05, 0.1) is 6.33 Å². The van der Waals surface area contributed by atoms with Gasteiger partial charge in [0.2, 0.25) is 11.9 Å². The summed E-state index contributed by atoms with van der Waals surface area (Å²) < 4.78 is 0. The highest BCUT2D eigenvalue weighted by Gasteiger charge is 2.22. The van der Waals surface area contributed by atoms with E-state index in [1.807, 2.05) is 4.90 Å². The van der Waals surface area contributed by atoms with Crippen molar-refractivity contribution in [2.45, 2.75) is 12.8 Å². The second kappa shape index (κ2) is 6.34. The number of aryl methyl sites for hydroxylation is 1. The maximum atomic E-state index is 12.2. The monoisotopic (exact) mass is 286 g/mol. The van der Waals surface area contributed by atoms with Crippen molar-refractivity contribution in [3.63, 3.8) is 0 Å². The summed E-state index contributed by atoms with van der Waals surface area (Å²) in [7, 11) is 0. The van der Waals surface area contributed by atoms with Crippen LogP contribution in [0.3, 0.4) is 0 Å². The molecule has 1 aliphatic rings. The number of piperazine rings is 1. The Kier molecular flexibility index (Phi) is 4.09. The lowest BCUT2D eigenvalue weighted by Crippen LogP contribution is -2.49. The van der Waals surface area contributed by atoms with E-state index in [-0.39, 0.29) is 5.91 Å². The SMILES string of the molecule is O=C(CCc1cnc[nH]1)N1CCN(c2ncccn2)CC1. The molecule has 1 fully saturated rings. The number of aromatic amines is 1. The van der Waals surface area contributed by atoms with Crippen molar-refractivity contribution in [3.05, 3.63) is 36.7 Å². The van der Waals surface area contributed by atoms with Gasteiger partial charge in [0, 0.05) is 56.9 Å². The first-order valence-corrected chi connectivity index (χ1v) is 7.10. The molecule has 3 heterocycles. The average molecular weight is 286 g/mol. The molecule has 110 valence electrons. The Morgan fingerprint density at radius 3 is 2.62 bits per heavy atom. The smallest absolute Gasteiger partial charge is 0.225 e. The minimum absolute atomic E-state index is 0.193. The zero-order valence-corrected chi connectivity index (χ0v) is 11.8. The molecule has 0 radical (unpaired) electrons. The largest absolute Gasteiger partial charge is 0.348 e. The maximum Gasteiger partial charge on any atom is 0.225 e. The number of carbonyl (C=O) groups is 1. The second-order valence-electron chi connectivity index (χ2n) is 4.99. The molecule has 1 aliphatic heterocycles. The lowest BCUT2D eigenvalue weighted by Gasteiger charge is -2.34. The van der Waals surface area contributed by atoms with E-state index in [4.69, 9.17) is 0 Å². The minimum Gasteiger partial charge on any atom is -0.348 e. The quantitative estimate of drug-likeness (QED) is 0.884. The Bertz CT molecular complexity index is 562. The number of nitrogens with one attached hydrogen (secondary N) is 1. The molecule has 7 heteroatoms. The third-order valence-corrected chi connectivity index (χ3v) is 3.63. The second-order valence-corrected chi connectivity index (χ2v) is 4.99. The number of aromatic nitrogens is 4. The highest BCUT2D eigenvalue weighted by atomic mass is 16.2. The van der Waals surface area contributed by atoms with Crippen LogP contribution in [0, 0.1) is 0 Å². The van der Waals surface area contributed by atoms with Crippen LogP contribution in [0.5, 0.6) is 0 Å². The Hall–Kier alpha value is -2.44. The van der Waals surface area contributed by atoms with Crippen LogP contribution >= 0.6 is 0 Å². The number of anilines is 1. The van der Waals surface area contributed by atoms with E-state index in [1.54, 1.807) is 31.0 Å². The van der Waals surface area contributed by atoms with Crippen molar-refractivity contribution in [2.24, 2.45) is 0 Å². The number of carbonyl (C=O) groups excluding carboxylic acids is 1. The van der Waals surface area contributed by atoms with Crippen molar-refractivity contribution in [1.82, 2.24) is 24.8 Å². The third-order valence-electron chi connectivity index (χ3n) is 3.63. The van der Waals surface area contributed by atoms with E-state index in [9.17, 15) is 4.79 Å². The molecule has 3 rings (SSSR count). The summed E-state index contributed by atoms with van der Waals surface area (Å²) in [5.41, 5.74) is 1.000. The highest BCUT2D eigenvalue weighted by Crippen LogP contribution is 2.11. The maximum absolute atomic E-state index is 12.2. The molecule has 0 aromatic carbocycles. The summed E-state index contributed by atoms with van der Waals surface area (Å²) in [5, 5.41) is 0. The van der Waals surface area contributed by atoms with Gasteiger partial charge in [-0.1, -0.05) is 0 Å². The summed E-state index contributed by atoms with van der Waals surface area (Å²) in [6.45, 7) is 3.00. The molecule has 2 aromatic heterocycles. The molecule has 0 aliphatic carbocycles. The molecule has 0 bridgehead atoms. The fraction of sp³-hybridized carbons (Fsp3) is 0.429. The predicted molar refractivity (Wildman–Crippen MR) is 77.7 cm³/mol. The van der Waals surface area contributed by atoms with Crippen molar-refractivity contribution in [1.29, 1.82) is 0 Å². The van der Waals surface area contributed by atoms with E-state index >= 15 is 0 Å². The van der Waals surface area contributed by atoms with Crippen molar-refractivity contribution >= 4 is 11.9 Å². The lowest BCUT2D eigenvalue weighted by molar-refractivity contribution is -0.131. The molecule has 0 spiro atoms. The first kappa shape index (κ1) is 13.5. The number of amides is 1. The molecule has 0 unspecified atom stereocenters. The lowest BCUT2D eigenvalue weighted by atomic mass is 10.2. The van der Waals surface area contributed by atoms with Crippen LogP contribution in [-0.2, 0) is 11.2 Å². The van der Waals surface area contributed by atoms with Gasteiger partial charge in [0.1, 0.15) is 0 Å². The fourth-order valence-corrected chi connectivity index (χ4v) is 2.43. The summed E-state index contributed by atoms with van der Waals surface area (Å²) in [5.74, 6) is 0.931. The number of hydrogen-bond donors (Lipinski definition) is 1. The van der Waals surface area contributed by atoms with E-state index in [0.29, 0.717) is 12.8 Å². The van der Waals surface area contributed by atoms with Crippen molar-refractivity contribution < 1.29 is 4.79 Å². The Balaban J connectivity index is 1.48. The van der Waals surface area contributed by atoms with Crippen LogP contribution in [0.15, 0.2) is 31.0 Å². The molecule has 1 saturated heterocycles. The predicted octanol–water partition coefficient (Wildman–Crippen LogP) is 0.481. The van der Waals surface area contributed by atoms with Gasteiger partial charge in [0.25, 0.3) is 0 Å². The Labute approximate surface area is 123 Å². The molecular weight excluding hydrogens is 268 g/mol. The van der Waals surface area contributed by atoms with Crippen LogP contribution in [0.4, 0.5) is 5.95 Å². The first-order chi connectivity index (χ1) is 10.3. The minimum atomic E-state index is 0.193. The van der Waals surface area contributed by atoms with Gasteiger partial charge in [-0.05, 0) is 12.5 Å². The standard InChI is InChI=1S/C14H18N6O/c21-13(3-2-12-10-15-11-18-12)19-6-8-20(9-7-19)14-16-4-1-5-17-14/h1,4-5,10-11H,2-3,6-9H2,(H,15,18). The van der Waals surface area contributed by atoms with Gasteiger partial charge < -0.3 is 14.8 Å².